The molecule has 8 nitrogen and oxygen atoms in total. The highest BCUT2D eigenvalue weighted by Crippen LogP contribution is 2.41. The van der Waals surface area contributed by atoms with Gasteiger partial charge in [-0.1, -0.05) is 24.9 Å². The number of nitro groups is 1. The second-order valence-corrected chi connectivity index (χ2v) is 6.01. The van der Waals surface area contributed by atoms with Crippen LogP contribution >= 0.6 is 11.6 Å². The molecule has 0 bridgehead atoms. The van der Waals surface area contributed by atoms with Crippen LogP contribution in [0.25, 0.3) is 0 Å². The fraction of sp³-hybridized carbons (Fsp3) is 0.467. The Hall–Kier alpha value is -2.03. The highest BCUT2D eigenvalue weighted by Gasteiger charge is 2.45. The average molecular weight is 353 g/mol. The van der Waals surface area contributed by atoms with Crippen molar-refractivity contribution >= 4 is 17.3 Å². The number of rotatable bonds is 6. The molecule has 1 aromatic carbocycles. The van der Waals surface area contributed by atoms with Crippen LogP contribution in [0.1, 0.15) is 25.3 Å². The molecule has 0 spiro atoms. The van der Waals surface area contributed by atoms with E-state index in [9.17, 15) is 10.1 Å². The Bertz CT molecular complexity index is 724. The van der Waals surface area contributed by atoms with Crippen molar-refractivity contribution in [3.05, 3.63) is 51.6 Å². The molecule has 0 saturated carbocycles. The fourth-order valence-corrected chi connectivity index (χ4v) is 3.11. The number of nitro benzene ring substituents is 1. The smallest absolute Gasteiger partial charge is 0.270 e. The van der Waals surface area contributed by atoms with Crippen molar-refractivity contribution in [3.63, 3.8) is 0 Å². The maximum absolute atomic E-state index is 10.9. The van der Waals surface area contributed by atoms with Crippen LogP contribution in [0.15, 0.2) is 30.9 Å². The normalized spacial score (nSPS) is 23.5. The summed E-state index contributed by atoms with van der Waals surface area (Å²) in [7, 11) is 0. The minimum Gasteiger partial charge on any atom is -0.342 e. The molecule has 9 heteroatoms. The van der Waals surface area contributed by atoms with Crippen LogP contribution in [0.2, 0.25) is 5.02 Å². The highest BCUT2D eigenvalue weighted by molar-refractivity contribution is 6.31. The molecule has 2 aromatic rings. The summed E-state index contributed by atoms with van der Waals surface area (Å²) in [5, 5.41) is 15.2. The number of aromatic nitrogens is 3. The molecule has 0 N–H and O–H groups in total. The average Bonchev–Trinajstić information content (AvgIpc) is 3.18. The summed E-state index contributed by atoms with van der Waals surface area (Å²) in [5.41, 5.74) is 0.464. The summed E-state index contributed by atoms with van der Waals surface area (Å²) < 4.78 is 13.7. The van der Waals surface area contributed by atoms with Crippen molar-refractivity contribution in [3.8, 4) is 0 Å². The number of hydrogen-bond acceptors (Lipinski definition) is 6. The summed E-state index contributed by atoms with van der Waals surface area (Å²) in [4.78, 5) is 14.4. The van der Waals surface area contributed by atoms with Gasteiger partial charge in [-0.15, -0.1) is 0 Å². The Morgan fingerprint density at radius 2 is 2.38 bits per heavy atom. The van der Waals surface area contributed by atoms with Gasteiger partial charge in [0, 0.05) is 17.7 Å². The van der Waals surface area contributed by atoms with Gasteiger partial charge in [0.25, 0.3) is 5.69 Å². The third-order valence-corrected chi connectivity index (χ3v) is 4.19. The Kier molecular flexibility index (Phi) is 4.79. The lowest BCUT2D eigenvalue weighted by atomic mass is 10.0. The van der Waals surface area contributed by atoms with Crippen LogP contribution in [-0.4, -0.2) is 32.4 Å². The molecule has 24 heavy (non-hydrogen) atoms. The fourth-order valence-electron chi connectivity index (χ4n) is 2.79. The van der Waals surface area contributed by atoms with Gasteiger partial charge < -0.3 is 9.47 Å². The van der Waals surface area contributed by atoms with E-state index >= 15 is 0 Å². The van der Waals surface area contributed by atoms with E-state index < -0.39 is 10.7 Å². The second-order valence-electron chi connectivity index (χ2n) is 5.61. The first-order chi connectivity index (χ1) is 11.5. The van der Waals surface area contributed by atoms with Crippen molar-refractivity contribution in [1.82, 2.24) is 14.8 Å². The summed E-state index contributed by atoms with van der Waals surface area (Å²) >= 11 is 6.30. The summed E-state index contributed by atoms with van der Waals surface area (Å²) in [5.74, 6) is -1.14. The highest BCUT2D eigenvalue weighted by atomic mass is 35.5. The zero-order valence-corrected chi connectivity index (χ0v) is 13.8. The zero-order chi connectivity index (χ0) is 17.2. The number of ether oxygens (including phenoxy) is 2. The Morgan fingerprint density at radius 1 is 1.54 bits per heavy atom. The first kappa shape index (κ1) is 16.8. The number of benzene rings is 1. The van der Waals surface area contributed by atoms with Crippen molar-refractivity contribution < 1.29 is 14.4 Å². The van der Waals surface area contributed by atoms with Crippen LogP contribution in [-0.2, 0) is 21.8 Å². The van der Waals surface area contributed by atoms with Gasteiger partial charge in [0.05, 0.1) is 22.7 Å². The molecule has 128 valence electrons. The van der Waals surface area contributed by atoms with Crippen molar-refractivity contribution in [2.24, 2.45) is 0 Å². The molecule has 2 heterocycles. The van der Waals surface area contributed by atoms with Gasteiger partial charge in [-0.3, -0.25) is 10.1 Å². The molecule has 1 aromatic heterocycles. The SMILES string of the molecule is CCCC1COC(Cn2cncn2)(c2ccc([N+](=O)[O-])cc2Cl)O1. The molecular formula is C15H17ClN4O4. The molecule has 0 aliphatic carbocycles. The van der Waals surface area contributed by atoms with Crippen LogP contribution in [0, 0.1) is 10.1 Å². The maximum Gasteiger partial charge on any atom is 0.270 e. The molecule has 1 saturated heterocycles. The summed E-state index contributed by atoms with van der Waals surface area (Å²) in [6.45, 7) is 2.75. The van der Waals surface area contributed by atoms with Gasteiger partial charge in [0.2, 0.25) is 5.79 Å². The molecule has 2 unspecified atom stereocenters. The third-order valence-electron chi connectivity index (χ3n) is 3.88. The topological polar surface area (TPSA) is 92.3 Å². The van der Waals surface area contributed by atoms with Gasteiger partial charge in [0.15, 0.2) is 0 Å². The van der Waals surface area contributed by atoms with E-state index in [-0.39, 0.29) is 23.4 Å². The maximum atomic E-state index is 10.9. The Morgan fingerprint density at radius 3 is 3.00 bits per heavy atom. The third kappa shape index (κ3) is 3.26. The van der Waals surface area contributed by atoms with Crippen molar-refractivity contribution in [1.29, 1.82) is 0 Å². The van der Waals surface area contributed by atoms with Crippen molar-refractivity contribution in [2.45, 2.75) is 38.2 Å². The molecular weight excluding hydrogens is 336 g/mol. The van der Waals surface area contributed by atoms with Gasteiger partial charge >= 0.3 is 0 Å². The van der Waals surface area contributed by atoms with Crippen molar-refractivity contribution in [2.75, 3.05) is 6.61 Å². The van der Waals surface area contributed by atoms with E-state index in [4.69, 9.17) is 21.1 Å². The molecule has 0 radical (unpaired) electrons. The van der Waals surface area contributed by atoms with Crippen LogP contribution in [0.3, 0.4) is 0 Å². The van der Waals surface area contributed by atoms with Crippen LogP contribution < -0.4 is 0 Å². The van der Waals surface area contributed by atoms with E-state index in [2.05, 4.69) is 17.0 Å². The first-order valence-corrected chi connectivity index (χ1v) is 8.00. The Labute approximate surface area is 143 Å². The number of hydrogen-bond donors (Lipinski definition) is 0. The lowest BCUT2D eigenvalue weighted by Crippen LogP contribution is -2.34. The van der Waals surface area contributed by atoms with Crippen LogP contribution in [0.5, 0.6) is 0 Å². The van der Waals surface area contributed by atoms with E-state index in [1.807, 2.05) is 0 Å². The molecule has 1 fully saturated rings. The predicted molar refractivity (Wildman–Crippen MR) is 85.5 cm³/mol. The molecule has 1 aliphatic heterocycles. The predicted octanol–water partition coefficient (Wildman–Crippen LogP) is 2.91. The number of nitrogens with zero attached hydrogens (tertiary/aromatic N) is 4. The van der Waals surface area contributed by atoms with Gasteiger partial charge in [-0.05, 0) is 12.5 Å². The molecule has 0 amide bonds. The lowest BCUT2D eigenvalue weighted by molar-refractivity contribution is -0.384. The molecule has 2 atom stereocenters. The van der Waals surface area contributed by atoms with Crippen LogP contribution in [0.4, 0.5) is 5.69 Å². The number of halogens is 1. The van der Waals surface area contributed by atoms with Gasteiger partial charge in [0.1, 0.15) is 19.2 Å². The summed E-state index contributed by atoms with van der Waals surface area (Å²) in [6.07, 6.45) is 4.72. The Balaban J connectivity index is 1.97. The minimum absolute atomic E-state index is 0.0650. The molecule has 1 aliphatic rings. The first-order valence-electron chi connectivity index (χ1n) is 7.62. The summed E-state index contributed by atoms with van der Waals surface area (Å²) in [6, 6.07) is 4.27. The minimum atomic E-state index is -1.14. The zero-order valence-electron chi connectivity index (χ0n) is 13.1. The van der Waals surface area contributed by atoms with E-state index in [1.54, 1.807) is 17.1 Å². The monoisotopic (exact) mass is 352 g/mol. The van der Waals surface area contributed by atoms with Gasteiger partial charge in [-0.25, -0.2) is 9.67 Å². The second kappa shape index (κ2) is 6.84. The quantitative estimate of drug-likeness (QED) is 0.586. The standard InChI is InChI=1S/C15H17ClN4O4/c1-2-3-12-7-23-15(24-12,8-19-10-17-9-18-19)13-5-4-11(20(21)22)6-14(13)16/h4-6,9-10,12H,2-3,7-8H2,1H3. The number of non-ortho nitro benzene ring substituents is 1. The van der Waals surface area contributed by atoms with E-state index in [0.717, 1.165) is 12.8 Å². The van der Waals surface area contributed by atoms with E-state index in [1.165, 1.54) is 18.5 Å². The van der Waals surface area contributed by atoms with E-state index in [0.29, 0.717) is 12.2 Å². The largest absolute Gasteiger partial charge is 0.342 e. The molecule has 3 rings (SSSR count). The van der Waals surface area contributed by atoms with Gasteiger partial charge in [-0.2, -0.15) is 5.10 Å². The lowest BCUT2D eigenvalue weighted by Gasteiger charge is -2.29.